The molecule has 0 aromatic heterocycles. The molecule has 1 aromatic rings. The van der Waals surface area contributed by atoms with Gasteiger partial charge in [0.15, 0.2) is 0 Å². The van der Waals surface area contributed by atoms with Crippen LogP contribution in [0.1, 0.15) is 44.7 Å². The third-order valence-electron chi connectivity index (χ3n) is 4.73. The topological polar surface area (TPSA) is 29.3 Å². The zero-order chi connectivity index (χ0) is 14.8. The van der Waals surface area contributed by atoms with Gasteiger partial charge >= 0.3 is 0 Å². The van der Waals surface area contributed by atoms with Crippen molar-refractivity contribution in [3.05, 3.63) is 35.4 Å². The second-order valence-corrected chi connectivity index (χ2v) is 6.24. The smallest absolute Gasteiger partial charge is 0.130 e. The van der Waals surface area contributed by atoms with Gasteiger partial charge in [-0.2, -0.15) is 0 Å². The van der Waals surface area contributed by atoms with E-state index in [0.29, 0.717) is 17.5 Å². The van der Waals surface area contributed by atoms with E-state index < -0.39 is 17.7 Å². The van der Waals surface area contributed by atoms with Crippen LogP contribution in [0, 0.1) is 17.0 Å². The summed E-state index contributed by atoms with van der Waals surface area (Å²) in [4.78, 5) is 2.28. The van der Waals surface area contributed by atoms with Crippen molar-refractivity contribution in [3.63, 3.8) is 0 Å². The van der Waals surface area contributed by atoms with E-state index in [4.69, 9.17) is 5.73 Å². The quantitative estimate of drug-likeness (QED) is 0.916. The Morgan fingerprint density at radius 1 is 1.30 bits per heavy atom. The van der Waals surface area contributed by atoms with Crippen molar-refractivity contribution in [3.8, 4) is 0 Å². The molecule has 2 rings (SSSR count). The first-order valence-electron chi connectivity index (χ1n) is 7.36. The van der Waals surface area contributed by atoms with E-state index in [-0.39, 0.29) is 0 Å². The van der Waals surface area contributed by atoms with E-state index in [1.165, 1.54) is 18.6 Å². The van der Waals surface area contributed by atoms with Crippen LogP contribution in [0.5, 0.6) is 0 Å². The van der Waals surface area contributed by atoms with E-state index in [0.717, 1.165) is 32.0 Å². The number of piperidine rings is 1. The average molecular weight is 282 g/mol. The van der Waals surface area contributed by atoms with Gasteiger partial charge in [-0.3, -0.25) is 0 Å². The lowest BCUT2D eigenvalue weighted by Crippen LogP contribution is -2.41. The van der Waals surface area contributed by atoms with Gasteiger partial charge < -0.3 is 10.6 Å². The average Bonchev–Trinajstić information content (AvgIpc) is 2.41. The minimum absolute atomic E-state index is 0.398. The molecule has 1 aliphatic rings. The molecule has 4 heteroatoms. The summed E-state index contributed by atoms with van der Waals surface area (Å²) in [5, 5.41) is 0. The molecule has 112 valence electrons. The summed E-state index contributed by atoms with van der Waals surface area (Å²) >= 11 is 0. The van der Waals surface area contributed by atoms with E-state index in [2.05, 4.69) is 18.7 Å². The monoisotopic (exact) mass is 282 g/mol. The van der Waals surface area contributed by atoms with Crippen LogP contribution in [-0.2, 0) is 0 Å². The molecule has 0 aliphatic carbocycles. The number of benzene rings is 1. The zero-order valence-electron chi connectivity index (χ0n) is 12.3. The Hall–Kier alpha value is -1.00. The maximum atomic E-state index is 13.7. The summed E-state index contributed by atoms with van der Waals surface area (Å²) in [7, 11) is 0. The highest BCUT2D eigenvalue weighted by atomic mass is 19.1. The summed E-state index contributed by atoms with van der Waals surface area (Å²) in [6, 6.07) is 3.22. The Morgan fingerprint density at radius 3 is 2.50 bits per heavy atom. The Bertz CT molecular complexity index is 454. The largest absolute Gasteiger partial charge is 0.323 e. The van der Waals surface area contributed by atoms with Crippen LogP contribution in [0.4, 0.5) is 8.78 Å². The fourth-order valence-electron chi connectivity index (χ4n) is 2.81. The van der Waals surface area contributed by atoms with Crippen LogP contribution >= 0.6 is 0 Å². The molecule has 2 nitrogen and oxygen atoms in total. The van der Waals surface area contributed by atoms with Gasteiger partial charge in [0.1, 0.15) is 11.6 Å². The molecule has 0 saturated carbocycles. The predicted molar refractivity (Wildman–Crippen MR) is 77.4 cm³/mol. The molecule has 1 atom stereocenters. The fourth-order valence-corrected chi connectivity index (χ4v) is 2.81. The lowest BCUT2D eigenvalue weighted by atomic mass is 9.78. The molecule has 1 aromatic carbocycles. The summed E-state index contributed by atoms with van der Waals surface area (Å²) in [6.07, 6.45) is 3.50. The van der Waals surface area contributed by atoms with Crippen molar-refractivity contribution in [2.24, 2.45) is 11.1 Å². The van der Waals surface area contributed by atoms with Crippen LogP contribution in [0.3, 0.4) is 0 Å². The second-order valence-electron chi connectivity index (χ2n) is 6.24. The SMILES string of the molecule is CCC1(C)CCN(CC(N)c2ccc(F)cc2F)CC1. The van der Waals surface area contributed by atoms with Gasteiger partial charge in [-0.1, -0.05) is 26.3 Å². The summed E-state index contributed by atoms with van der Waals surface area (Å²) in [6.45, 7) is 7.18. The Morgan fingerprint density at radius 2 is 1.95 bits per heavy atom. The fraction of sp³-hybridized carbons (Fsp3) is 0.625. The lowest BCUT2D eigenvalue weighted by Gasteiger charge is -2.39. The van der Waals surface area contributed by atoms with Crippen LogP contribution in [-0.4, -0.2) is 24.5 Å². The normalized spacial score (nSPS) is 20.9. The van der Waals surface area contributed by atoms with Crippen LogP contribution < -0.4 is 5.73 Å². The molecule has 0 bridgehead atoms. The molecule has 1 unspecified atom stereocenters. The molecule has 0 spiro atoms. The molecule has 20 heavy (non-hydrogen) atoms. The van der Waals surface area contributed by atoms with Gasteiger partial charge in [-0.25, -0.2) is 8.78 Å². The standard InChI is InChI=1S/C16H24F2N2/c1-3-16(2)6-8-20(9-7-16)11-15(19)13-5-4-12(17)10-14(13)18/h4-5,10,15H,3,6-9,11,19H2,1-2H3. The summed E-state index contributed by atoms with van der Waals surface area (Å²) < 4.78 is 26.6. The highest BCUT2D eigenvalue weighted by Crippen LogP contribution is 2.34. The van der Waals surface area contributed by atoms with E-state index in [1.807, 2.05) is 0 Å². The highest BCUT2D eigenvalue weighted by molar-refractivity contribution is 5.22. The molecular weight excluding hydrogens is 258 g/mol. The van der Waals surface area contributed by atoms with E-state index in [9.17, 15) is 8.78 Å². The zero-order valence-corrected chi connectivity index (χ0v) is 12.3. The van der Waals surface area contributed by atoms with Crippen LogP contribution in [0.15, 0.2) is 18.2 Å². The molecule has 1 aliphatic heterocycles. The van der Waals surface area contributed by atoms with Crippen molar-refractivity contribution in [1.29, 1.82) is 0 Å². The molecule has 1 heterocycles. The maximum absolute atomic E-state index is 13.7. The Labute approximate surface area is 120 Å². The van der Waals surface area contributed by atoms with Crippen molar-refractivity contribution >= 4 is 0 Å². The molecular formula is C16H24F2N2. The number of hydrogen-bond acceptors (Lipinski definition) is 2. The minimum Gasteiger partial charge on any atom is -0.323 e. The van der Waals surface area contributed by atoms with E-state index in [1.54, 1.807) is 0 Å². The lowest BCUT2D eigenvalue weighted by molar-refractivity contribution is 0.109. The number of hydrogen-bond donors (Lipinski definition) is 1. The number of halogens is 2. The first-order chi connectivity index (χ1) is 9.43. The molecule has 2 N–H and O–H groups in total. The van der Waals surface area contributed by atoms with Gasteiger partial charge in [0.25, 0.3) is 0 Å². The highest BCUT2D eigenvalue weighted by Gasteiger charge is 2.29. The minimum atomic E-state index is -0.560. The maximum Gasteiger partial charge on any atom is 0.130 e. The first kappa shape index (κ1) is 15.4. The van der Waals surface area contributed by atoms with Gasteiger partial charge in [0.2, 0.25) is 0 Å². The number of nitrogens with two attached hydrogens (primary N) is 1. The van der Waals surface area contributed by atoms with Gasteiger partial charge in [0.05, 0.1) is 0 Å². The van der Waals surface area contributed by atoms with Gasteiger partial charge in [-0.05, 0) is 37.4 Å². The molecule has 1 fully saturated rings. The Kier molecular flexibility index (Phi) is 4.76. The number of likely N-dealkylation sites (tertiary alicyclic amines) is 1. The van der Waals surface area contributed by atoms with Crippen molar-refractivity contribution in [2.45, 2.75) is 39.2 Å². The van der Waals surface area contributed by atoms with Crippen molar-refractivity contribution in [1.82, 2.24) is 4.90 Å². The third kappa shape index (κ3) is 3.55. The molecule has 0 amide bonds. The van der Waals surface area contributed by atoms with E-state index >= 15 is 0 Å². The second kappa shape index (κ2) is 6.19. The number of nitrogens with zero attached hydrogens (tertiary/aromatic N) is 1. The van der Waals surface area contributed by atoms with Gasteiger partial charge in [-0.15, -0.1) is 0 Å². The first-order valence-corrected chi connectivity index (χ1v) is 7.36. The third-order valence-corrected chi connectivity index (χ3v) is 4.73. The summed E-state index contributed by atoms with van der Waals surface area (Å²) in [5.74, 6) is -1.11. The van der Waals surface area contributed by atoms with Crippen molar-refractivity contribution in [2.75, 3.05) is 19.6 Å². The van der Waals surface area contributed by atoms with Crippen LogP contribution in [0.25, 0.3) is 0 Å². The van der Waals surface area contributed by atoms with Gasteiger partial charge in [0, 0.05) is 24.2 Å². The number of rotatable bonds is 4. The summed E-state index contributed by atoms with van der Waals surface area (Å²) in [5.41, 5.74) is 6.90. The molecule has 0 radical (unpaired) electrons. The molecule has 1 saturated heterocycles. The van der Waals surface area contributed by atoms with Crippen molar-refractivity contribution < 1.29 is 8.78 Å². The predicted octanol–water partition coefficient (Wildman–Crippen LogP) is 3.48. The Balaban J connectivity index is 1.94. The van der Waals surface area contributed by atoms with Crippen LogP contribution in [0.2, 0.25) is 0 Å².